The summed E-state index contributed by atoms with van der Waals surface area (Å²) in [6.45, 7) is 4.02. The van der Waals surface area contributed by atoms with Crippen LogP contribution in [0.4, 0.5) is 0 Å². The van der Waals surface area contributed by atoms with E-state index in [1.807, 2.05) is 19.9 Å². The van der Waals surface area contributed by atoms with Crippen LogP contribution in [0.3, 0.4) is 0 Å². The van der Waals surface area contributed by atoms with Crippen LogP contribution in [0.5, 0.6) is 0 Å². The summed E-state index contributed by atoms with van der Waals surface area (Å²) in [7, 11) is 0. The third kappa shape index (κ3) is 4.40. The van der Waals surface area contributed by atoms with Gasteiger partial charge < -0.3 is 5.32 Å². The molecular formula is C17H22N4S3. The van der Waals surface area contributed by atoms with Gasteiger partial charge in [-0.1, -0.05) is 25.3 Å². The van der Waals surface area contributed by atoms with Gasteiger partial charge in [-0.25, -0.2) is 4.98 Å². The molecule has 2 heterocycles. The number of thiazole rings is 1. The number of aromatic nitrogens is 1. The lowest BCUT2D eigenvalue weighted by atomic mass is 9.96. The summed E-state index contributed by atoms with van der Waals surface area (Å²) in [5, 5.41) is 11.6. The SMILES string of the molecule is C/C(=N/NC(=S)NC1CCCCC1)c1sc(-c2cccs2)nc1C. The molecule has 1 aliphatic rings. The minimum Gasteiger partial charge on any atom is -0.359 e. The van der Waals surface area contributed by atoms with Gasteiger partial charge in [-0.2, -0.15) is 5.10 Å². The van der Waals surface area contributed by atoms with Crippen molar-refractivity contribution in [2.45, 2.75) is 52.0 Å². The monoisotopic (exact) mass is 378 g/mol. The summed E-state index contributed by atoms with van der Waals surface area (Å²) in [5.41, 5.74) is 4.92. The third-order valence-electron chi connectivity index (χ3n) is 4.12. The molecule has 128 valence electrons. The second-order valence-corrected chi connectivity index (χ2v) is 8.38. The normalized spacial score (nSPS) is 16.2. The average Bonchev–Trinajstić information content (AvgIpc) is 3.23. The van der Waals surface area contributed by atoms with E-state index in [-0.39, 0.29) is 0 Å². The first-order chi connectivity index (χ1) is 11.6. The van der Waals surface area contributed by atoms with Crippen molar-refractivity contribution >= 4 is 45.7 Å². The lowest BCUT2D eigenvalue weighted by Crippen LogP contribution is -2.41. The Morgan fingerprint density at radius 2 is 2.12 bits per heavy atom. The average molecular weight is 379 g/mol. The summed E-state index contributed by atoms with van der Waals surface area (Å²) in [4.78, 5) is 6.97. The fourth-order valence-corrected chi connectivity index (χ4v) is 4.91. The molecule has 2 N–H and O–H groups in total. The molecule has 3 rings (SSSR count). The van der Waals surface area contributed by atoms with Gasteiger partial charge in [-0.05, 0) is 50.4 Å². The topological polar surface area (TPSA) is 49.3 Å². The lowest BCUT2D eigenvalue weighted by molar-refractivity contribution is 0.412. The van der Waals surface area contributed by atoms with Gasteiger partial charge in [0.15, 0.2) is 5.11 Å². The Hall–Kier alpha value is -1.31. The van der Waals surface area contributed by atoms with E-state index >= 15 is 0 Å². The van der Waals surface area contributed by atoms with Crippen LogP contribution >= 0.6 is 34.9 Å². The van der Waals surface area contributed by atoms with Crippen molar-refractivity contribution in [2.75, 3.05) is 0 Å². The largest absolute Gasteiger partial charge is 0.359 e. The first-order valence-electron chi connectivity index (χ1n) is 8.26. The molecule has 0 radical (unpaired) electrons. The Kier molecular flexibility index (Phi) is 5.97. The predicted molar refractivity (Wildman–Crippen MR) is 108 cm³/mol. The van der Waals surface area contributed by atoms with Crippen molar-refractivity contribution in [3.63, 3.8) is 0 Å². The highest BCUT2D eigenvalue weighted by molar-refractivity contribution is 7.80. The predicted octanol–water partition coefficient (Wildman–Crippen LogP) is 4.70. The smallest absolute Gasteiger partial charge is 0.187 e. The Balaban J connectivity index is 1.62. The molecule has 1 saturated carbocycles. The number of hydrogen-bond donors (Lipinski definition) is 2. The number of aryl methyl sites for hydroxylation is 1. The van der Waals surface area contributed by atoms with E-state index < -0.39 is 0 Å². The zero-order chi connectivity index (χ0) is 16.9. The van der Waals surface area contributed by atoms with Crippen LogP contribution < -0.4 is 10.7 Å². The molecule has 0 unspecified atom stereocenters. The highest BCUT2D eigenvalue weighted by Crippen LogP contribution is 2.31. The summed E-state index contributed by atoms with van der Waals surface area (Å²) >= 11 is 8.75. The maximum atomic E-state index is 5.37. The molecule has 24 heavy (non-hydrogen) atoms. The van der Waals surface area contributed by atoms with E-state index in [4.69, 9.17) is 12.2 Å². The fraction of sp³-hybridized carbons (Fsp3) is 0.471. The number of nitrogens with one attached hydrogen (secondary N) is 2. The van der Waals surface area contributed by atoms with Crippen LogP contribution in [0.1, 0.15) is 49.6 Å². The van der Waals surface area contributed by atoms with Crippen LogP contribution in [-0.4, -0.2) is 21.8 Å². The van der Waals surface area contributed by atoms with Crippen molar-refractivity contribution in [3.8, 4) is 9.88 Å². The van der Waals surface area contributed by atoms with Crippen LogP contribution in [0.2, 0.25) is 0 Å². The van der Waals surface area contributed by atoms with Gasteiger partial charge in [-0.15, -0.1) is 22.7 Å². The number of rotatable bonds is 4. The molecule has 1 aliphatic carbocycles. The van der Waals surface area contributed by atoms with E-state index in [9.17, 15) is 0 Å². The van der Waals surface area contributed by atoms with Gasteiger partial charge in [0.1, 0.15) is 5.01 Å². The standard InChI is InChI=1S/C17H22N4S3/c1-11-15(24-16(18-11)14-9-6-10-23-14)12(2)20-21-17(22)19-13-7-4-3-5-8-13/h6,9-10,13H,3-5,7-8H2,1-2H3,(H2,19,21,22)/b20-12-. The lowest BCUT2D eigenvalue weighted by Gasteiger charge is -2.23. The molecule has 4 nitrogen and oxygen atoms in total. The number of thiocarbonyl (C=S) groups is 1. The number of hydrogen-bond acceptors (Lipinski definition) is 5. The molecule has 7 heteroatoms. The second-order valence-electron chi connectivity index (χ2n) is 6.03. The Morgan fingerprint density at radius 1 is 1.33 bits per heavy atom. The van der Waals surface area contributed by atoms with Crippen molar-refractivity contribution < 1.29 is 0 Å². The molecule has 1 fully saturated rings. The van der Waals surface area contributed by atoms with Crippen LogP contribution in [-0.2, 0) is 0 Å². The number of hydrazone groups is 1. The quantitative estimate of drug-likeness (QED) is 0.460. The van der Waals surface area contributed by atoms with Gasteiger partial charge >= 0.3 is 0 Å². The Labute approximate surface area is 156 Å². The molecule has 0 spiro atoms. The maximum absolute atomic E-state index is 5.37. The fourth-order valence-electron chi connectivity index (χ4n) is 2.89. The third-order valence-corrected chi connectivity index (χ3v) is 6.64. The number of thiophene rings is 1. The zero-order valence-electron chi connectivity index (χ0n) is 14.0. The summed E-state index contributed by atoms with van der Waals surface area (Å²) in [5.74, 6) is 0. The van der Waals surface area contributed by atoms with Crippen LogP contribution in [0, 0.1) is 6.92 Å². The van der Waals surface area contributed by atoms with E-state index in [0.717, 1.165) is 21.3 Å². The molecule has 0 atom stereocenters. The summed E-state index contributed by atoms with van der Waals surface area (Å²) < 4.78 is 0. The first kappa shape index (κ1) is 17.5. The maximum Gasteiger partial charge on any atom is 0.187 e. The van der Waals surface area contributed by atoms with Crippen LogP contribution in [0.15, 0.2) is 22.6 Å². The van der Waals surface area contributed by atoms with Gasteiger partial charge in [0.05, 0.1) is 21.2 Å². The minimum atomic E-state index is 0.491. The van der Waals surface area contributed by atoms with Crippen LogP contribution in [0.25, 0.3) is 9.88 Å². The molecule has 0 amide bonds. The molecule has 0 aromatic carbocycles. The van der Waals surface area contributed by atoms with E-state index in [1.165, 1.54) is 37.0 Å². The molecule has 0 aliphatic heterocycles. The van der Waals surface area contributed by atoms with Gasteiger partial charge in [0.2, 0.25) is 0 Å². The van der Waals surface area contributed by atoms with Crippen molar-refractivity contribution in [1.29, 1.82) is 0 Å². The summed E-state index contributed by atoms with van der Waals surface area (Å²) in [6.07, 6.45) is 6.31. The first-order valence-corrected chi connectivity index (χ1v) is 10.4. The highest BCUT2D eigenvalue weighted by atomic mass is 32.1. The van der Waals surface area contributed by atoms with Crippen molar-refractivity contribution in [1.82, 2.24) is 15.7 Å². The molecule has 0 saturated heterocycles. The van der Waals surface area contributed by atoms with Crippen molar-refractivity contribution in [2.24, 2.45) is 5.10 Å². The van der Waals surface area contributed by atoms with Gasteiger partial charge in [0, 0.05) is 6.04 Å². The van der Waals surface area contributed by atoms with E-state index in [2.05, 4.69) is 32.3 Å². The Bertz CT molecular complexity index is 712. The number of nitrogens with zero attached hydrogens (tertiary/aromatic N) is 2. The van der Waals surface area contributed by atoms with Gasteiger partial charge in [-0.3, -0.25) is 5.43 Å². The Morgan fingerprint density at radius 3 is 2.83 bits per heavy atom. The summed E-state index contributed by atoms with van der Waals surface area (Å²) in [6, 6.07) is 4.64. The zero-order valence-corrected chi connectivity index (χ0v) is 16.4. The van der Waals surface area contributed by atoms with Crippen molar-refractivity contribution in [3.05, 3.63) is 28.1 Å². The molecule has 2 aromatic rings. The van der Waals surface area contributed by atoms with E-state index in [0.29, 0.717) is 11.2 Å². The van der Waals surface area contributed by atoms with E-state index in [1.54, 1.807) is 22.7 Å². The van der Waals surface area contributed by atoms with Gasteiger partial charge in [0.25, 0.3) is 0 Å². The minimum absolute atomic E-state index is 0.491. The second kappa shape index (κ2) is 8.18. The highest BCUT2D eigenvalue weighted by Gasteiger charge is 2.15. The molecule has 2 aromatic heterocycles. The molecule has 0 bridgehead atoms. The molecular weight excluding hydrogens is 356 g/mol.